The lowest BCUT2D eigenvalue weighted by molar-refractivity contribution is 0.0924. The van der Waals surface area contributed by atoms with Gasteiger partial charge in [0.2, 0.25) is 0 Å². The predicted octanol–water partition coefficient (Wildman–Crippen LogP) is 3.72. The van der Waals surface area contributed by atoms with Crippen molar-refractivity contribution in [2.24, 2.45) is 5.92 Å². The molecule has 1 saturated heterocycles. The first-order valence-electron chi connectivity index (χ1n) is 7.40. The van der Waals surface area contributed by atoms with Gasteiger partial charge in [0.1, 0.15) is 0 Å². The van der Waals surface area contributed by atoms with Crippen molar-refractivity contribution >= 4 is 11.6 Å². The van der Waals surface area contributed by atoms with E-state index in [4.69, 9.17) is 11.6 Å². The zero-order chi connectivity index (χ0) is 13.7. The van der Waals surface area contributed by atoms with E-state index in [1.807, 2.05) is 12.1 Å². The van der Waals surface area contributed by atoms with Gasteiger partial charge in [-0.1, -0.05) is 30.7 Å². The summed E-state index contributed by atoms with van der Waals surface area (Å²) in [5.74, 6) is 0.700. The summed E-state index contributed by atoms with van der Waals surface area (Å²) in [6.45, 7) is 5.77. The summed E-state index contributed by atoms with van der Waals surface area (Å²) < 4.78 is 0. The van der Waals surface area contributed by atoms with Crippen molar-refractivity contribution in [3.63, 3.8) is 0 Å². The molecule has 2 unspecified atom stereocenters. The Morgan fingerprint density at radius 2 is 2.05 bits per heavy atom. The normalized spacial score (nSPS) is 24.6. The van der Waals surface area contributed by atoms with Crippen molar-refractivity contribution < 1.29 is 0 Å². The largest absolute Gasteiger partial charge is 0.319 e. The second-order valence-corrected chi connectivity index (χ2v) is 5.93. The SMILES string of the molecule is CCCN1CCCC(CNC)C1c1ccc(Cl)cc1. The van der Waals surface area contributed by atoms with Gasteiger partial charge >= 0.3 is 0 Å². The quantitative estimate of drug-likeness (QED) is 0.884. The molecule has 106 valence electrons. The molecule has 0 bridgehead atoms. The van der Waals surface area contributed by atoms with E-state index in [9.17, 15) is 0 Å². The van der Waals surface area contributed by atoms with Gasteiger partial charge in [-0.3, -0.25) is 4.90 Å². The first kappa shape index (κ1) is 14.8. The second-order valence-electron chi connectivity index (χ2n) is 5.49. The molecule has 1 aliphatic heterocycles. The molecule has 2 atom stereocenters. The van der Waals surface area contributed by atoms with E-state index >= 15 is 0 Å². The number of hydrogen-bond acceptors (Lipinski definition) is 2. The minimum atomic E-state index is 0.540. The Labute approximate surface area is 122 Å². The number of nitrogens with zero attached hydrogens (tertiary/aromatic N) is 1. The highest BCUT2D eigenvalue weighted by atomic mass is 35.5. The average Bonchev–Trinajstić information content (AvgIpc) is 2.41. The summed E-state index contributed by atoms with van der Waals surface area (Å²) in [7, 11) is 2.05. The van der Waals surface area contributed by atoms with Crippen LogP contribution in [0.5, 0.6) is 0 Å². The van der Waals surface area contributed by atoms with Gasteiger partial charge in [0.05, 0.1) is 0 Å². The van der Waals surface area contributed by atoms with Crippen LogP contribution in [0.1, 0.15) is 37.8 Å². The molecule has 1 aromatic carbocycles. The van der Waals surface area contributed by atoms with E-state index < -0.39 is 0 Å². The Morgan fingerprint density at radius 3 is 2.68 bits per heavy atom. The van der Waals surface area contributed by atoms with Crippen molar-refractivity contribution in [3.05, 3.63) is 34.9 Å². The van der Waals surface area contributed by atoms with E-state index in [-0.39, 0.29) is 0 Å². The third-order valence-corrected chi connectivity index (χ3v) is 4.30. The molecule has 0 radical (unpaired) electrons. The molecule has 2 nitrogen and oxygen atoms in total. The van der Waals surface area contributed by atoms with Gasteiger partial charge in [-0.15, -0.1) is 0 Å². The van der Waals surface area contributed by atoms with Crippen molar-refractivity contribution in [2.45, 2.75) is 32.2 Å². The first-order valence-corrected chi connectivity index (χ1v) is 7.78. The van der Waals surface area contributed by atoms with Crippen molar-refractivity contribution in [1.29, 1.82) is 0 Å². The highest BCUT2D eigenvalue weighted by molar-refractivity contribution is 6.30. The summed E-state index contributed by atoms with van der Waals surface area (Å²) in [6.07, 6.45) is 3.85. The first-order chi connectivity index (χ1) is 9.26. The molecule has 1 fully saturated rings. The maximum atomic E-state index is 6.02. The molecule has 3 heteroatoms. The standard InChI is InChI=1S/C16H25ClN2/c1-3-10-19-11-4-5-14(12-18-2)16(19)13-6-8-15(17)9-7-13/h6-9,14,16,18H,3-5,10-12H2,1-2H3. The number of halogens is 1. The average molecular weight is 281 g/mol. The molecular weight excluding hydrogens is 256 g/mol. The number of nitrogens with one attached hydrogen (secondary N) is 1. The van der Waals surface area contributed by atoms with Crippen LogP contribution in [0.15, 0.2) is 24.3 Å². The van der Waals surface area contributed by atoms with Crippen LogP contribution < -0.4 is 5.32 Å². The molecule has 1 N–H and O–H groups in total. The summed E-state index contributed by atoms with van der Waals surface area (Å²) in [6, 6.07) is 8.98. The van der Waals surface area contributed by atoms with Gasteiger partial charge in [0.25, 0.3) is 0 Å². The molecule has 0 aromatic heterocycles. The van der Waals surface area contributed by atoms with Gasteiger partial charge in [0.15, 0.2) is 0 Å². The monoisotopic (exact) mass is 280 g/mol. The third-order valence-electron chi connectivity index (χ3n) is 4.05. The number of piperidine rings is 1. The third kappa shape index (κ3) is 3.71. The molecular formula is C16H25ClN2. The Kier molecular flexibility index (Phi) is 5.68. The van der Waals surface area contributed by atoms with E-state index in [2.05, 4.69) is 36.3 Å². The van der Waals surface area contributed by atoms with E-state index in [1.54, 1.807) is 0 Å². The number of hydrogen-bond donors (Lipinski definition) is 1. The van der Waals surface area contributed by atoms with Crippen LogP contribution in [0.3, 0.4) is 0 Å². The van der Waals surface area contributed by atoms with Crippen LogP contribution in [0.2, 0.25) is 5.02 Å². The van der Waals surface area contributed by atoms with E-state index in [0.29, 0.717) is 12.0 Å². The van der Waals surface area contributed by atoms with E-state index in [1.165, 1.54) is 37.9 Å². The summed E-state index contributed by atoms with van der Waals surface area (Å²) >= 11 is 6.02. The van der Waals surface area contributed by atoms with Crippen LogP contribution >= 0.6 is 11.6 Å². The lowest BCUT2D eigenvalue weighted by atomic mass is 9.84. The fourth-order valence-corrected chi connectivity index (χ4v) is 3.43. The van der Waals surface area contributed by atoms with Crippen LogP contribution in [-0.2, 0) is 0 Å². The molecule has 2 rings (SSSR count). The number of likely N-dealkylation sites (tertiary alicyclic amines) is 1. The van der Waals surface area contributed by atoms with E-state index in [0.717, 1.165) is 11.6 Å². The van der Waals surface area contributed by atoms with Crippen LogP contribution in [0.4, 0.5) is 0 Å². The topological polar surface area (TPSA) is 15.3 Å². The lowest BCUT2D eigenvalue weighted by Crippen LogP contribution is -2.42. The van der Waals surface area contributed by atoms with Crippen LogP contribution in [-0.4, -0.2) is 31.6 Å². The Hall–Kier alpha value is -0.570. The fraction of sp³-hybridized carbons (Fsp3) is 0.625. The molecule has 0 aliphatic carbocycles. The summed E-state index contributed by atoms with van der Waals surface area (Å²) in [5, 5.41) is 4.18. The van der Waals surface area contributed by atoms with Gasteiger partial charge in [-0.2, -0.15) is 0 Å². The van der Waals surface area contributed by atoms with Gasteiger partial charge in [0, 0.05) is 11.1 Å². The Bertz CT molecular complexity index is 359. The zero-order valence-corrected chi connectivity index (χ0v) is 12.8. The second kappa shape index (κ2) is 7.28. The van der Waals surface area contributed by atoms with Crippen molar-refractivity contribution in [3.8, 4) is 0 Å². The van der Waals surface area contributed by atoms with Crippen molar-refractivity contribution in [2.75, 3.05) is 26.7 Å². The van der Waals surface area contributed by atoms with Gasteiger partial charge in [-0.25, -0.2) is 0 Å². The summed E-state index contributed by atoms with van der Waals surface area (Å²) in [4.78, 5) is 2.65. The zero-order valence-electron chi connectivity index (χ0n) is 12.0. The van der Waals surface area contributed by atoms with Gasteiger partial charge in [-0.05, 0) is 69.6 Å². The fourth-order valence-electron chi connectivity index (χ4n) is 3.31. The Morgan fingerprint density at radius 1 is 1.32 bits per heavy atom. The lowest BCUT2D eigenvalue weighted by Gasteiger charge is -2.41. The number of benzene rings is 1. The van der Waals surface area contributed by atoms with Crippen LogP contribution in [0, 0.1) is 5.92 Å². The van der Waals surface area contributed by atoms with Gasteiger partial charge < -0.3 is 5.32 Å². The predicted molar refractivity (Wildman–Crippen MR) is 82.7 cm³/mol. The number of rotatable bonds is 5. The molecule has 0 saturated carbocycles. The molecule has 1 aromatic rings. The molecule has 0 spiro atoms. The van der Waals surface area contributed by atoms with Crippen molar-refractivity contribution in [1.82, 2.24) is 10.2 Å². The maximum Gasteiger partial charge on any atom is 0.0406 e. The highest BCUT2D eigenvalue weighted by Crippen LogP contribution is 2.36. The molecule has 0 amide bonds. The molecule has 19 heavy (non-hydrogen) atoms. The maximum absolute atomic E-state index is 6.02. The minimum Gasteiger partial charge on any atom is -0.319 e. The molecule has 1 heterocycles. The highest BCUT2D eigenvalue weighted by Gasteiger charge is 2.31. The van der Waals surface area contributed by atoms with Crippen LogP contribution in [0.25, 0.3) is 0 Å². The molecule has 1 aliphatic rings. The minimum absolute atomic E-state index is 0.540. The summed E-state index contributed by atoms with van der Waals surface area (Å²) in [5.41, 5.74) is 1.41. The Balaban J connectivity index is 2.23. The smallest absolute Gasteiger partial charge is 0.0406 e.